The van der Waals surface area contributed by atoms with E-state index >= 15 is 0 Å². The Balaban J connectivity index is 1.29. The van der Waals surface area contributed by atoms with Crippen LogP contribution in [0.1, 0.15) is 16.8 Å². The van der Waals surface area contributed by atoms with Crippen molar-refractivity contribution in [2.45, 2.75) is 16.2 Å². The first-order chi connectivity index (χ1) is 14.2. The first kappa shape index (κ1) is 19.1. The van der Waals surface area contributed by atoms with Crippen molar-refractivity contribution in [3.63, 3.8) is 0 Å². The van der Waals surface area contributed by atoms with Gasteiger partial charge >= 0.3 is 0 Å². The molecule has 0 saturated carbocycles. The largest absolute Gasteiger partial charge is 0.472 e. The Kier molecular flexibility index (Phi) is 5.86. The molecule has 0 unspecified atom stereocenters. The molecule has 2 N–H and O–H groups in total. The van der Waals surface area contributed by atoms with Gasteiger partial charge in [-0.3, -0.25) is 9.59 Å². The predicted octanol–water partition coefficient (Wildman–Crippen LogP) is 3.82. The number of carbonyl (C=O) groups excluding carboxylic acids is 2. The fraction of sp³-hybridized carbons (Fsp3) is 0.182. The highest BCUT2D eigenvalue weighted by Gasteiger charge is 2.22. The second-order valence-electron chi connectivity index (χ2n) is 6.59. The Morgan fingerprint density at radius 1 is 0.931 bits per heavy atom. The topological polar surface area (TPSA) is 74.6 Å². The number of furan rings is 1. The average Bonchev–Trinajstić information content (AvgIpc) is 3.29. The number of benzene rings is 2. The number of nitrogens with one attached hydrogen (secondary N) is 2. The number of hydrogen-bond acceptors (Lipinski definition) is 5. The van der Waals surface area contributed by atoms with Gasteiger partial charge in [0.25, 0.3) is 5.91 Å². The summed E-state index contributed by atoms with van der Waals surface area (Å²) in [5.41, 5.74) is 2.78. The molecule has 1 aliphatic rings. The van der Waals surface area contributed by atoms with E-state index in [4.69, 9.17) is 4.42 Å². The minimum atomic E-state index is -0.326. The van der Waals surface area contributed by atoms with E-state index in [1.165, 1.54) is 33.7 Å². The maximum absolute atomic E-state index is 12.0. The van der Waals surface area contributed by atoms with Gasteiger partial charge in [0.2, 0.25) is 5.91 Å². The van der Waals surface area contributed by atoms with Gasteiger partial charge in [0.05, 0.1) is 29.7 Å². The molecule has 0 bridgehead atoms. The Labute approximate surface area is 173 Å². The molecular formula is C22H21N3O3S. The number of para-hydroxylation sites is 2. The third-order valence-corrected chi connectivity index (χ3v) is 5.74. The van der Waals surface area contributed by atoms with Crippen molar-refractivity contribution in [1.82, 2.24) is 10.6 Å². The van der Waals surface area contributed by atoms with Crippen LogP contribution in [0, 0.1) is 0 Å². The molecule has 0 fully saturated rings. The van der Waals surface area contributed by atoms with Gasteiger partial charge in [-0.05, 0) is 36.8 Å². The quantitative estimate of drug-likeness (QED) is 0.583. The minimum absolute atomic E-state index is 0.0595. The Bertz CT molecular complexity index is 959. The highest BCUT2D eigenvalue weighted by atomic mass is 32.2. The zero-order chi connectivity index (χ0) is 20.1. The smallest absolute Gasteiger partial charge is 0.254 e. The van der Waals surface area contributed by atoms with E-state index in [2.05, 4.69) is 51.9 Å². The number of carbonyl (C=O) groups is 2. The van der Waals surface area contributed by atoms with Gasteiger partial charge in [-0.15, -0.1) is 0 Å². The van der Waals surface area contributed by atoms with Crippen LogP contribution in [0.25, 0.3) is 0 Å². The van der Waals surface area contributed by atoms with Gasteiger partial charge in [0, 0.05) is 22.9 Å². The standard InChI is InChI=1S/C22H21N3O3S/c26-21(14-24-22(27)16-10-13-28-15-16)23-11-5-12-25-17-6-1-3-8-19(17)29-20-9-4-2-7-18(20)25/h1-4,6-10,13,15H,5,11-12,14H2,(H,23,26)(H,24,27). The van der Waals surface area contributed by atoms with E-state index in [9.17, 15) is 9.59 Å². The molecule has 0 aliphatic carbocycles. The van der Waals surface area contributed by atoms with Crippen molar-refractivity contribution in [2.75, 3.05) is 24.5 Å². The molecule has 1 aromatic heterocycles. The molecule has 2 amide bonds. The molecule has 2 aromatic carbocycles. The van der Waals surface area contributed by atoms with Crippen molar-refractivity contribution in [3.05, 3.63) is 72.7 Å². The Morgan fingerprint density at radius 2 is 1.62 bits per heavy atom. The van der Waals surface area contributed by atoms with Gasteiger partial charge in [0.15, 0.2) is 0 Å². The Hall–Kier alpha value is -3.19. The second kappa shape index (κ2) is 8.87. The van der Waals surface area contributed by atoms with E-state index in [1.807, 2.05) is 12.1 Å². The molecular weight excluding hydrogens is 386 g/mol. The third-order valence-electron chi connectivity index (χ3n) is 4.61. The SMILES string of the molecule is O=C(CNC(=O)c1ccoc1)NCCCN1c2ccccc2Sc2ccccc21. The first-order valence-electron chi connectivity index (χ1n) is 9.43. The summed E-state index contributed by atoms with van der Waals surface area (Å²) in [6, 6.07) is 18.3. The van der Waals surface area contributed by atoms with Gasteiger partial charge in [-0.1, -0.05) is 36.0 Å². The van der Waals surface area contributed by atoms with Crippen molar-refractivity contribution in [2.24, 2.45) is 0 Å². The van der Waals surface area contributed by atoms with Gasteiger partial charge < -0.3 is 20.0 Å². The van der Waals surface area contributed by atoms with Crippen LogP contribution in [0.5, 0.6) is 0 Å². The van der Waals surface area contributed by atoms with E-state index in [1.54, 1.807) is 17.8 Å². The zero-order valence-electron chi connectivity index (χ0n) is 15.8. The van der Waals surface area contributed by atoms with Crippen LogP contribution in [0.3, 0.4) is 0 Å². The molecule has 2 heterocycles. The van der Waals surface area contributed by atoms with Gasteiger partial charge in [-0.25, -0.2) is 0 Å². The fourth-order valence-electron chi connectivity index (χ4n) is 3.21. The molecule has 29 heavy (non-hydrogen) atoms. The summed E-state index contributed by atoms with van der Waals surface area (Å²) < 4.78 is 4.86. The normalized spacial score (nSPS) is 12.1. The molecule has 4 rings (SSSR count). The number of fused-ring (bicyclic) bond motifs is 2. The van der Waals surface area contributed by atoms with E-state index in [0.29, 0.717) is 12.1 Å². The van der Waals surface area contributed by atoms with Crippen LogP contribution >= 0.6 is 11.8 Å². The lowest BCUT2D eigenvalue weighted by atomic mass is 10.2. The van der Waals surface area contributed by atoms with Crippen LogP contribution in [0.4, 0.5) is 11.4 Å². The van der Waals surface area contributed by atoms with E-state index in [-0.39, 0.29) is 18.4 Å². The molecule has 1 aliphatic heterocycles. The summed E-state index contributed by atoms with van der Waals surface area (Å²) in [6.07, 6.45) is 3.55. The van der Waals surface area contributed by atoms with Crippen LogP contribution in [0.15, 0.2) is 81.3 Å². The number of hydrogen-bond donors (Lipinski definition) is 2. The number of nitrogens with zero attached hydrogens (tertiary/aromatic N) is 1. The van der Waals surface area contributed by atoms with Crippen LogP contribution < -0.4 is 15.5 Å². The second-order valence-corrected chi connectivity index (χ2v) is 7.67. The third kappa shape index (κ3) is 4.46. The summed E-state index contributed by atoms with van der Waals surface area (Å²) in [7, 11) is 0. The summed E-state index contributed by atoms with van der Waals surface area (Å²) >= 11 is 1.78. The van der Waals surface area contributed by atoms with E-state index in [0.717, 1.165) is 13.0 Å². The van der Waals surface area contributed by atoms with Crippen molar-refractivity contribution in [1.29, 1.82) is 0 Å². The summed E-state index contributed by atoms with van der Waals surface area (Å²) in [5, 5.41) is 5.44. The molecule has 6 nitrogen and oxygen atoms in total. The molecule has 0 radical (unpaired) electrons. The van der Waals surface area contributed by atoms with Gasteiger partial charge in [-0.2, -0.15) is 0 Å². The highest BCUT2D eigenvalue weighted by molar-refractivity contribution is 7.99. The molecule has 0 atom stereocenters. The average molecular weight is 407 g/mol. The lowest BCUT2D eigenvalue weighted by Crippen LogP contribution is -2.37. The van der Waals surface area contributed by atoms with Crippen molar-refractivity contribution in [3.8, 4) is 0 Å². The lowest BCUT2D eigenvalue weighted by Gasteiger charge is -2.32. The summed E-state index contributed by atoms with van der Waals surface area (Å²) in [6.45, 7) is 1.26. The van der Waals surface area contributed by atoms with Crippen LogP contribution in [0.2, 0.25) is 0 Å². The maximum atomic E-state index is 12.0. The maximum Gasteiger partial charge on any atom is 0.254 e. The molecule has 7 heteroatoms. The number of amides is 2. The van der Waals surface area contributed by atoms with Crippen LogP contribution in [-0.2, 0) is 4.79 Å². The number of anilines is 2. The lowest BCUT2D eigenvalue weighted by molar-refractivity contribution is -0.120. The fourth-order valence-corrected chi connectivity index (χ4v) is 4.30. The van der Waals surface area contributed by atoms with Crippen LogP contribution in [-0.4, -0.2) is 31.4 Å². The molecule has 0 saturated heterocycles. The van der Waals surface area contributed by atoms with Crippen molar-refractivity contribution < 1.29 is 14.0 Å². The Morgan fingerprint density at radius 3 is 2.28 bits per heavy atom. The number of rotatable bonds is 7. The first-order valence-corrected chi connectivity index (χ1v) is 10.2. The highest BCUT2D eigenvalue weighted by Crippen LogP contribution is 2.47. The van der Waals surface area contributed by atoms with Gasteiger partial charge in [0.1, 0.15) is 6.26 Å². The molecule has 3 aromatic rings. The molecule has 148 valence electrons. The summed E-state index contributed by atoms with van der Waals surface area (Å²) in [5.74, 6) is -0.537. The predicted molar refractivity (Wildman–Crippen MR) is 113 cm³/mol. The zero-order valence-corrected chi connectivity index (χ0v) is 16.6. The minimum Gasteiger partial charge on any atom is -0.472 e. The van der Waals surface area contributed by atoms with Crippen molar-refractivity contribution >= 4 is 35.0 Å². The monoisotopic (exact) mass is 407 g/mol. The summed E-state index contributed by atoms with van der Waals surface area (Å²) in [4.78, 5) is 28.6. The van der Waals surface area contributed by atoms with E-state index < -0.39 is 0 Å². The molecule has 0 spiro atoms.